The Morgan fingerprint density at radius 2 is 1.78 bits per heavy atom. The highest BCUT2D eigenvalue weighted by molar-refractivity contribution is 5.96. The van der Waals surface area contributed by atoms with Gasteiger partial charge in [-0.2, -0.15) is 0 Å². The molecule has 0 aromatic heterocycles. The molecule has 0 bridgehead atoms. The monoisotopic (exact) mass is 448 g/mol. The number of fused-ring (bicyclic) bond motifs is 1. The number of ketones is 1. The molecule has 2 fully saturated rings. The maximum Gasteiger partial charge on any atom is 0.222 e. The largest absolute Gasteiger partial charge is 0.383 e. The summed E-state index contributed by atoms with van der Waals surface area (Å²) in [7, 11) is 3.97. The molecule has 1 aliphatic carbocycles. The fourth-order valence-electron chi connectivity index (χ4n) is 5.64. The van der Waals surface area contributed by atoms with Gasteiger partial charge in [0.05, 0.1) is 0 Å². The molecule has 2 rings (SSSR count). The third-order valence-corrected chi connectivity index (χ3v) is 7.30. The number of amides is 1. The predicted octanol–water partition coefficient (Wildman–Crippen LogP) is 3.48. The summed E-state index contributed by atoms with van der Waals surface area (Å²) in [6.07, 6.45) is 7.28. The maximum absolute atomic E-state index is 13.1. The Labute approximate surface area is 197 Å². The van der Waals surface area contributed by atoms with Gasteiger partial charge in [0, 0.05) is 64.4 Å². The topological polar surface area (TPSA) is 47.1 Å². The molecule has 32 heavy (non-hydrogen) atoms. The molecule has 0 spiro atoms. The van der Waals surface area contributed by atoms with E-state index in [0.29, 0.717) is 42.4 Å². The Bertz CT molecular complexity index is 629. The predicted molar refractivity (Wildman–Crippen MR) is 133 cm³/mol. The van der Waals surface area contributed by atoms with Gasteiger partial charge in [-0.25, -0.2) is 0 Å². The van der Waals surface area contributed by atoms with E-state index in [4.69, 9.17) is 0 Å². The van der Waals surface area contributed by atoms with Crippen molar-refractivity contribution in [3.05, 3.63) is 11.8 Å². The number of hydrogen-bond donors (Lipinski definition) is 0. The lowest BCUT2D eigenvalue weighted by Crippen LogP contribution is -2.52. The SMILES string of the molecule is CCCN1C[C@@H](CC(=O)N(CC)CCCN(CC)CC)C[C@@H]2CC(=O)C(=CN(C)C)C[C@H]21. The molecular formula is C26H48N4O2. The van der Waals surface area contributed by atoms with Crippen LogP contribution in [0, 0.1) is 11.8 Å². The molecule has 0 aromatic rings. The molecule has 1 heterocycles. The minimum atomic E-state index is 0.294. The molecule has 2 aliphatic rings. The summed E-state index contributed by atoms with van der Waals surface area (Å²) in [6.45, 7) is 15.6. The first-order valence-electron chi connectivity index (χ1n) is 13.0. The third-order valence-electron chi connectivity index (χ3n) is 7.30. The molecule has 0 radical (unpaired) electrons. The summed E-state index contributed by atoms with van der Waals surface area (Å²) in [4.78, 5) is 34.9. The van der Waals surface area contributed by atoms with E-state index in [9.17, 15) is 9.59 Å². The second kappa shape index (κ2) is 13.3. The number of Topliss-reactive ketones (excluding diaryl/α,β-unsaturated/α-hetero) is 1. The Morgan fingerprint density at radius 3 is 2.38 bits per heavy atom. The Hall–Kier alpha value is -1.40. The van der Waals surface area contributed by atoms with Crippen LogP contribution < -0.4 is 0 Å². The first-order valence-corrected chi connectivity index (χ1v) is 13.0. The molecule has 1 amide bonds. The number of rotatable bonds is 12. The van der Waals surface area contributed by atoms with Crippen molar-refractivity contribution in [2.24, 2.45) is 11.8 Å². The van der Waals surface area contributed by atoms with Gasteiger partial charge in [0.1, 0.15) is 0 Å². The van der Waals surface area contributed by atoms with Crippen LogP contribution in [0.3, 0.4) is 0 Å². The normalized spacial score (nSPS) is 25.3. The van der Waals surface area contributed by atoms with Gasteiger partial charge < -0.3 is 14.7 Å². The van der Waals surface area contributed by atoms with Gasteiger partial charge in [0.25, 0.3) is 0 Å². The number of likely N-dealkylation sites (tertiary alicyclic amines) is 1. The Morgan fingerprint density at radius 1 is 1.06 bits per heavy atom. The highest BCUT2D eigenvalue weighted by Crippen LogP contribution is 2.39. The molecule has 184 valence electrons. The van der Waals surface area contributed by atoms with Gasteiger partial charge in [0.2, 0.25) is 5.91 Å². The Kier molecular flexibility index (Phi) is 11.2. The summed E-state index contributed by atoms with van der Waals surface area (Å²) in [5.41, 5.74) is 0.970. The molecule has 0 N–H and O–H groups in total. The molecule has 1 aliphatic heterocycles. The fraction of sp³-hybridized carbons (Fsp3) is 0.846. The maximum atomic E-state index is 13.1. The molecule has 0 aromatic carbocycles. The quantitative estimate of drug-likeness (QED) is 0.428. The van der Waals surface area contributed by atoms with Crippen molar-refractivity contribution in [2.75, 3.05) is 59.9 Å². The van der Waals surface area contributed by atoms with E-state index in [-0.39, 0.29) is 0 Å². The van der Waals surface area contributed by atoms with Gasteiger partial charge in [-0.1, -0.05) is 20.8 Å². The number of piperidine rings is 1. The van der Waals surface area contributed by atoms with Crippen LogP contribution in [0.25, 0.3) is 0 Å². The zero-order chi connectivity index (χ0) is 23.7. The van der Waals surface area contributed by atoms with Crippen molar-refractivity contribution in [1.82, 2.24) is 19.6 Å². The summed E-state index contributed by atoms with van der Waals surface area (Å²) in [6, 6.07) is 0.446. The van der Waals surface area contributed by atoms with Crippen LogP contribution in [-0.2, 0) is 9.59 Å². The number of nitrogens with zero attached hydrogens (tertiary/aromatic N) is 4. The van der Waals surface area contributed by atoms with Crippen LogP contribution >= 0.6 is 0 Å². The van der Waals surface area contributed by atoms with E-state index in [1.807, 2.05) is 30.1 Å². The smallest absolute Gasteiger partial charge is 0.222 e. The summed E-state index contributed by atoms with van der Waals surface area (Å²) in [5, 5.41) is 0. The van der Waals surface area contributed by atoms with Crippen LogP contribution in [0.5, 0.6) is 0 Å². The van der Waals surface area contributed by atoms with Gasteiger partial charge in [-0.15, -0.1) is 0 Å². The minimum Gasteiger partial charge on any atom is -0.383 e. The average molecular weight is 449 g/mol. The van der Waals surface area contributed by atoms with Crippen molar-refractivity contribution < 1.29 is 9.59 Å². The zero-order valence-electron chi connectivity index (χ0n) is 21.6. The van der Waals surface area contributed by atoms with Gasteiger partial charge in [-0.3, -0.25) is 14.5 Å². The van der Waals surface area contributed by atoms with Crippen LogP contribution in [-0.4, -0.2) is 97.2 Å². The summed E-state index contributed by atoms with van der Waals surface area (Å²) < 4.78 is 0. The van der Waals surface area contributed by atoms with Crippen molar-refractivity contribution in [3.8, 4) is 0 Å². The molecule has 1 saturated carbocycles. The van der Waals surface area contributed by atoms with E-state index < -0.39 is 0 Å². The standard InChI is InChI=1S/C26H48N4O2/c1-7-12-30-19-21(15-22-18-25(31)23(17-24(22)30)20-27(5)6)16-26(32)29(10-4)14-11-13-28(8-2)9-3/h20-22,24H,7-19H2,1-6H3/t21-,22-,24-/m1/s1. The molecular weight excluding hydrogens is 400 g/mol. The van der Waals surface area contributed by atoms with E-state index in [1.54, 1.807) is 0 Å². The van der Waals surface area contributed by atoms with Crippen LogP contribution in [0.15, 0.2) is 11.8 Å². The number of hydrogen-bond acceptors (Lipinski definition) is 5. The lowest BCUT2D eigenvalue weighted by Gasteiger charge is -2.47. The third kappa shape index (κ3) is 7.58. The van der Waals surface area contributed by atoms with E-state index in [2.05, 4.69) is 37.5 Å². The first-order chi connectivity index (χ1) is 15.3. The highest BCUT2D eigenvalue weighted by Gasteiger charge is 2.41. The minimum absolute atomic E-state index is 0.294. The van der Waals surface area contributed by atoms with Crippen molar-refractivity contribution in [2.45, 2.75) is 72.3 Å². The Balaban J connectivity index is 1.98. The lowest BCUT2D eigenvalue weighted by atomic mass is 9.72. The van der Waals surface area contributed by atoms with Gasteiger partial charge >= 0.3 is 0 Å². The first kappa shape index (κ1) is 26.8. The number of carbonyl (C=O) groups is 2. The van der Waals surface area contributed by atoms with Crippen LogP contribution in [0.4, 0.5) is 0 Å². The van der Waals surface area contributed by atoms with E-state index >= 15 is 0 Å². The van der Waals surface area contributed by atoms with E-state index in [0.717, 1.165) is 77.1 Å². The van der Waals surface area contributed by atoms with Crippen LogP contribution in [0.2, 0.25) is 0 Å². The van der Waals surface area contributed by atoms with Gasteiger partial charge in [0.15, 0.2) is 5.78 Å². The zero-order valence-corrected chi connectivity index (χ0v) is 21.6. The van der Waals surface area contributed by atoms with Crippen LogP contribution in [0.1, 0.15) is 66.2 Å². The van der Waals surface area contributed by atoms with Crippen molar-refractivity contribution in [1.29, 1.82) is 0 Å². The lowest BCUT2D eigenvalue weighted by molar-refractivity contribution is -0.133. The van der Waals surface area contributed by atoms with Gasteiger partial charge in [-0.05, 0) is 70.6 Å². The highest BCUT2D eigenvalue weighted by atomic mass is 16.2. The van der Waals surface area contributed by atoms with Crippen molar-refractivity contribution in [3.63, 3.8) is 0 Å². The molecule has 6 nitrogen and oxygen atoms in total. The second-order valence-corrected chi connectivity index (χ2v) is 9.93. The molecule has 0 unspecified atom stereocenters. The number of carbonyl (C=O) groups excluding carboxylic acids is 2. The summed E-state index contributed by atoms with van der Waals surface area (Å²) >= 11 is 0. The average Bonchev–Trinajstić information content (AvgIpc) is 2.74. The molecule has 3 atom stereocenters. The van der Waals surface area contributed by atoms with Crippen molar-refractivity contribution >= 4 is 11.7 Å². The molecule has 6 heteroatoms. The fourth-order valence-corrected chi connectivity index (χ4v) is 5.64. The summed E-state index contributed by atoms with van der Waals surface area (Å²) in [5.74, 6) is 1.34. The molecule has 1 saturated heterocycles. The van der Waals surface area contributed by atoms with E-state index in [1.165, 1.54) is 0 Å². The second-order valence-electron chi connectivity index (χ2n) is 9.93.